The van der Waals surface area contributed by atoms with E-state index in [4.69, 9.17) is 0 Å². The summed E-state index contributed by atoms with van der Waals surface area (Å²) in [7, 11) is 0. The molecular formula is C19H21NO2. The summed E-state index contributed by atoms with van der Waals surface area (Å²) in [5.41, 5.74) is 2.43. The Morgan fingerprint density at radius 2 is 1.91 bits per heavy atom. The van der Waals surface area contributed by atoms with Crippen LogP contribution in [0.4, 0.5) is 0 Å². The fourth-order valence-electron chi connectivity index (χ4n) is 2.88. The molecule has 1 saturated carbocycles. The quantitative estimate of drug-likeness (QED) is 0.896. The first-order valence-electron chi connectivity index (χ1n) is 7.80. The molecule has 2 N–H and O–H groups in total. The maximum Gasteiger partial charge on any atom is 0.251 e. The van der Waals surface area contributed by atoms with E-state index in [1.165, 1.54) is 12.5 Å². The normalized spacial score (nSPS) is 15.9. The van der Waals surface area contributed by atoms with Gasteiger partial charge in [-0.3, -0.25) is 4.79 Å². The summed E-state index contributed by atoms with van der Waals surface area (Å²) < 4.78 is 0. The number of carbonyl (C=O) groups excluding carboxylic acids is 1. The molecule has 0 aliphatic heterocycles. The van der Waals surface area contributed by atoms with Crippen molar-refractivity contribution in [2.24, 2.45) is 5.92 Å². The summed E-state index contributed by atoms with van der Waals surface area (Å²) in [6.45, 7) is 1.82. The summed E-state index contributed by atoms with van der Waals surface area (Å²) in [6.07, 6.45) is 3.53. The number of benzene rings is 2. The molecule has 0 spiro atoms. The molecule has 22 heavy (non-hydrogen) atoms. The van der Waals surface area contributed by atoms with Gasteiger partial charge in [0.2, 0.25) is 0 Å². The molecule has 3 rings (SSSR count). The van der Waals surface area contributed by atoms with Gasteiger partial charge in [-0.15, -0.1) is 0 Å². The number of phenols is 1. The number of aryl methyl sites for hydroxylation is 1. The highest BCUT2D eigenvalue weighted by Crippen LogP contribution is 2.37. The third-order valence-corrected chi connectivity index (χ3v) is 4.54. The maximum absolute atomic E-state index is 12.5. The Bertz CT molecular complexity index is 662. The fraction of sp³-hybridized carbons (Fsp3) is 0.316. The molecule has 1 aliphatic carbocycles. The van der Waals surface area contributed by atoms with Gasteiger partial charge in [0, 0.05) is 5.56 Å². The number of amides is 1. The first-order chi connectivity index (χ1) is 10.6. The molecule has 3 heteroatoms. The molecule has 1 fully saturated rings. The highest BCUT2D eigenvalue weighted by atomic mass is 16.3. The summed E-state index contributed by atoms with van der Waals surface area (Å²) in [4.78, 5) is 12.5. The Morgan fingerprint density at radius 1 is 1.18 bits per heavy atom. The number of carbonyl (C=O) groups is 1. The minimum atomic E-state index is -0.129. The lowest BCUT2D eigenvalue weighted by molar-refractivity contribution is 0.0900. The highest BCUT2D eigenvalue weighted by Gasteiger charge is 2.29. The third-order valence-electron chi connectivity index (χ3n) is 4.54. The zero-order valence-electron chi connectivity index (χ0n) is 12.8. The SMILES string of the molecule is Cc1ccc(C(=O)N[C@@H](c2ccccc2)C2CCC2)cc1O. The topological polar surface area (TPSA) is 49.3 Å². The van der Waals surface area contributed by atoms with Crippen LogP contribution in [0.2, 0.25) is 0 Å². The van der Waals surface area contributed by atoms with Crippen LogP contribution in [0, 0.1) is 12.8 Å². The van der Waals surface area contributed by atoms with Gasteiger partial charge in [-0.1, -0.05) is 42.8 Å². The maximum atomic E-state index is 12.5. The molecule has 114 valence electrons. The van der Waals surface area contributed by atoms with Crippen molar-refractivity contribution in [2.45, 2.75) is 32.2 Å². The number of hydrogen-bond donors (Lipinski definition) is 2. The number of phenolic OH excluding ortho intramolecular Hbond substituents is 1. The summed E-state index contributed by atoms with van der Waals surface area (Å²) >= 11 is 0. The van der Waals surface area contributed by atoms with Gasteiger partial charge in [0.05, 0.1) is 6.04 Å². The molecule has 0 heterocycles. The van der Waals surface area contributed by atoms with Gasteiger partial charge in [-0.05, 0) is 48.9 Å². The minimum Gasteiger partial charge on any atom is -0.508 e. The van der Waals surface area contributed by atoms with Crippen molar-refractivity contribution in [2.75, 3.05) is 0 Å². The van der Waals surface area contributed by atoms with E-state index in [0.717, 1.165) is 24.0 Å². The highest BCUT2D eigenvalue weighted by molar-refractivity contribution is 5.95. The second-order valence-electron chi connectivity index (χ2n) is 6.05. The van der Waals surface area contributed by atoms with E-state index in [1.54, 1.807) is 12.1 Å². The standard InChI is InChI=1S/C19H21NO2/c1-13-10-11-16(12-17(13)21)19(22)20-18(15-8-5-9-15)14-6-3-2-4-7-14/h2-4,6-7,10-12,15,18,21H,5,8-9H2,1H3,(H,20,22)/t18-/m0/s1. The molecule has 0 saturated heterocycles. The molecule has 1 amide bonds. The molecule has 1 atom stereocenters. The second-order valence-corrected chi connectivity index (χ2v) is 6.05. The van der Waals surface area contributed by atoms with Gasteiger partial charge in [0.25, 0.3) is 5.91 Å². The predicted octanol–water partition coefficient (Wildman–Crippen LogP) is 3.97. The summed E-state index contributed by atoms with van der Waals surface area (Å²) in [5, 5.41) is 12.9. The first kappa shape index (κ1) is 14.6. The molecule has 2 aromatic carbocycles. The van der Waals surface area contributed by atoms with Crippen molar-refractivity contribution >= 4 is 5.91 Å². The molecule has 0 radical (unpaired) electrons. The number of aromatic hydroxyl groups is 1. The molecule has 2 aromatic rings. The smallest absolute Gasteiger partial charge is 0.251 e. The predicted molar refractivity (Wildman–Crippen MR) is 86.8 cm³/mol. The van der Waals surface area contributed by atoms with Crippen LogP contribution in [0.5, 0.6) is 5.75 Å². The van der Waals surface area contributed by atoms with E-state index in [0.29, 0.717) is 11.5 Å². The lowest BCUT2D eigenvalue weighted by atomic mass is 9.77. The van der Waals surface area contributed by atoms with Gasteiger partial charge in [0.15, 0.2) is 0 Å². The van der Waals surface area contributed by atoms with E-state index in [2.05, 4.69) is 17.4 Å². The van der Waals surface area contributed by atoms with Crippen LogP contribution in [-0.2, 0) is 0 Å². The average Bonchev–Trinajstić information content (AvgIpc) is 2.48. The van der Waals surface area contributed by atoms with Crippen molar-refractivity contribution in [3.63, 3.8) is 0 Å². The van der Waals surface area contributed by atoms with Crippen LogP contribution in [-0.4, -0.2) is 11.0 Å². The van der Waals surface area contributed by atoms with E-state index in [1.807, 2.05) is 25.1 Å². The van der Waals surface area contributed by atoms with Gasteiger partial charge < -0.3 is 10.4 Å². The Hall–Kier alpha value is -2.29. The molecule has 0 bridgehead atoms. The van der Waals surface area contributed by atoms with Crippen LogP contribution in [0.3, 0.4) is 0 Å². The lowest BCUT2D eigenvalue weighted by Crippen LogP contribution is -2.36. The Balaban J connectivity index is 1.80. The fourth-order valence-corrected chi connectivity index (χ4v) is 2.88. The molecule has 0 aromatic heterocycles. The van der Waals surface area contributed by atoms with Crippen molar-refractivity contribution in [3.8, 4) is 5.75 Å². The number of rotatable bonds is 4. The van der Waals surface area contributed by atoms with Gasteiger partial charge in [-0.25, -0.2) is 0 Å². The van der Waals surface area contributed by atoms with Crippen molar-refractivity contribution in [3.05, 3.63) is 65.2 Å². The minimum absolute atomic E-state index is 0.0471. The Morgan fingerprint density at radius 3 is 2.50 bits per heavy atom. The Kier molecular flexibility index (Phi) is 4.14. The number of nitrogens with one attached hydrogen (secondary N) is 1. The van der Waals surface area contributed by atoms with E-state index < -0.39 is 0 Å². The Labute approximate surface area is 131 Å². The van der Waals surface area contributed by atoms with Crippen molar-refractivity contribution < 1.29 is 9.90 Å². The zero-order valence-corrected chi connectivity index (χ0v) is 12.8. The molecule has 1 aliphatic rings. The van der Waals surface area contributed by atoms with Crippen LogP contribution in [0.1, 0.15) is 46.8 Å². The monoisotopic (exact) mass is 295 g/mol. The molecule has 3 nitrogen and oxygen atoms in total. The van der Waals surface area contributed by atoms with Crippen LogP contribution < -0.4 is 5.32 Å². The number of hydrogen-bond acceptors (Lipinski definition) is 2. The third kappa shape index (κ3) is 2.98. The van der Waals surface area contributed by atoms with Crippen molar-refractivity contribution in [1.82, 2.24) is 5.32 Å². The van der Waals surface area contributed by atoms with Gasteiger partial charge in [-0.2, -0.15) is 0 Å². The zero-order chi connectivity index (χ0) is 15.5. The van der Waals surface area contributed by atoms with E-state index in [-0.39, 0.29) is 17.7 Å². The van der Waals surface area contributed by atoms with Gasteiger partial charge in [0.1, 0.15) is 5.75 Å². The molecular weight excluding hydrogens is 274 g/mol. The van der Waals surface area contributed by atoms with E-state index >= 15 is 0 Å². The van der Waals surface area contributed by atoms with Crippen LogP contribution in [0.25, 0.3) is 0 Å². The largest absolute Gasteiger partial charge is 0.508 e. The van der Waals surface area contributed by atoms with Gasteiger partial charge >= 0.3 is 0 Å². The second kappa shape index (κ2) is 6.22. The summed E-state index contributed by atoms with van der Waals surface area (Å²) in [5.74, 6) is 0.536. The van der Waals surface area contributed by atoms with Crippen molar-refractivity contribution in [1.29, 1.82) is 0 Å². The van der Waals surface area contributed by atoms with Crippen LogP contribution >= 0.6 is 0 Å². The van der Waals surface area contributed by atoms with E-state index in [9.17, 15) is 9.90 Å². The average molecular weight is 295 g/mol. The van der Waals surface area contributed by atoms with Crippen LogP contribution in [0.15, 0.2) is 48.5 Å². The first-order valence-corrected chi connectivity index (χ1v) is 7.80. The molecule has 0 unspecified atom stereocenters. The summed E-state index contributed by atoms with van der Waals surface area (Å²) in [6, 6.07) is 15.2. The lowest BCUT2D eigenvalue weighted by Gasteiger charge is -2.34.